The van der Waals surface area contributed by atoms with Gasteiger partial charge in [0.2, 0.25) is 0 Å². The third-order valence-electron chi connectivity index (χ3n) is 3.44. The molecule has 1 heterocycles. The van der Waals surface area contributed by atoms with Crippen LogP contribution in [0.5, 0.6) is 0 Å². The van der Waals surface area contributed by atoms with Crippen LogP contribution in [-0.4, -0.2) is 15.7 Å². The van der Waals surface area contributed by atoms with Gasteiger partial charge >= 0.3 is 0 Å². The maximum absolute atomic E-state index is 12.3. The van der Waals surface area contributed by atoms with Crippen LogP contribution < -0.4 is 5.32 Å². The van der Waals surface area contributed by atoms with E-state index in [4.69, 9.17) is 46.4 Å². The second-order valence-corrected chi connectivity index (χ2v) is 6.84. The van der Waals surface area contributed by atoms with Gasteiger partial charge in [-0.1, -0.05) is 52.5 Å². The van der Waals surface area contributed by atoms with Crippen molar-refractivity contribution in [3.63, 3.8) is 0 Å². The predicted molar refractivity (Wildman–Crippen MR) is 102 cm³/mol. The van der Waals surface area contributed by atoms with Crippen LogP contribution >= 0.6 is 46.4 Å². The lowest BCUT2D eigenvalue weighted by molar-refractivity contribution is 0.102. The molecule has 1 aromatic heterocycles. The average molecular weight is 415 g/mol. The molecular formula is C17H11Cl4N3O. The van der Waals surface area contributed by atoms with E-state index < -0.39 is 0 Å². The minimum Gasteiger partial charge on any atom is -0.305 e. The molecule has 0 spiro atoms. The topological polar surface area (TPSA) is 46.9 Å². The maximum atomic E-state index is 12.3. The lowest BCUT2D eigenvalue weighted by Gasteiger charge is -2.07. The highest BCUT2D eigenvalue weighted by Crippen LogP contribution is 2.25. The van der Waals surface area contributed by atoms with Crippen LogP contribution in [0.1, 0.15) is 15.9 Å². The molecule has 8 heteroatoms. The third kappa shape index (κ3) is 4.28. The van der Waals surface area contributed by atoms with Gasteiger partial charge in [0.25, 0.3) is 5.91 Å². The predicted octanol–water partition coefficient (Wildman–Crippen LogP) is 5.80. The Morgan fingerprint density at radius 1 is 1.00 bits per heavy atom. The van der Waals surface area contributed by atoms with Crippen LogP contribution in [0.4, 0.5) is 5.82 Å². The fraction of sp³-hybridized carbons (Fsp3) is 0.0588. The number of benzene rings is 2. The molecule has 0 unspecified atom stereocenters. The summed E-state index contributed by atoms with van der Waals surface area (Å²) >= 11 is 24.2. The fourth-order valence-corrected chi connectivity index (χ4v) is 3.23. The van der Waals surface area contributed by atoms with E-state index in [1.54, 1.807) is 47.3 Å². The Balaban J connectivity index is 1.74. The number of halogens is 4. The van der Waals surface area contributed by atoms with Crippen molar-refractivity contribution < 1.29 is 4.79 Å². The molecule has 0 saturated carbocycles. The number of hydrogen-bond donors (Lipinski definition) is 1. The molecule has 0 saturated heterocycles. The molecule has 0 aliphatic carbocycles. The monoisotopic (exact) mass is 413 g/mol. The summed E-state index contributed by atoms with van der Waals surface area (Å²) in [6, 6.07) is 11.6. The Labute approximate surface area is 164 Å². The second kappa shape index (κ2) is 7.67. The highest BCUT2D eigenvalue weighted by molar-refractivity contribution is 6.37. The lowest BCUT2D eigenvalue weighted by atomic mass is 10.2. The third-order valence-corrected chi connectivity index (χ3v) is 4.70. The zero-order chi connectivity index (χ0) is 18.0. The molecule has 4 nitrogen and oxygen atoms in total. The van der Waals surface area contributed by atoms with E-state index in [9.17, 15) is 4.79 Å². The summed E-state index contributed by atoms with van der Waals surface area (Å²) < 4.78 is 1.63. The zero-order valence-corrected chi connectivity index (χ0v) is 15.7. The van der Waals surface area contributed by atoms with Gasteiger partial charge < -0.3 is 5.32 Å². The summed E-state index contributed by atoms with van der Waals surface area (Å²) in [4.78, 5) is 12.3. The number of carbonyl (C=O) groups is 1. The molecule has 0 bridgehead atoms. The highest BCUT2D eigenvalue weighted by Gasteiger charge is 2.13. The first kappa shape index (κ1) is 18.1. The van der Waals surface area contributed by atoms with Crippen molar-refractivity contribution in [1.82, 2.24) is 9.78 Å². The minimum atomic E-state index is -0.373. The van der Waals surface area contributed by atoms with Crippen LogP contribution in [0, 0.1) is 0 Å². The van der Waals surface area contributed by atoms with Gasteiger partial charge in [0.1, 0.15) is 0 Å². The number of hydrogen-bond acceptors (Lipinski definition) is 2. The zero-order valence-electron chi connectivity index (χ0n) is 12.6. The average Bonchev–Trinajstić information content (AvgIpc) is 2.98. The van der Waals surface area contributed by atoms with E-state index in [0.29, 0.717) is 33.0 Å². The van der Waals surface area contributed by atoms with Gasteiger partial charge in [-0.25, -0.2) is 0 Å². The molecule has 25 heavy (non-hydrogen) atoms. The van der Waals surface area contributed by atoms with Gasteiger partial charge in [-0.05, 0) is 30.3 Å². The molecule has 1 amide bonds. The first-order valence-corrected chi connectivity index (χ1v) is 8.68. The molecule has 0 atom stereocenters. The number of nitrogens with zero attached hydrogens (tertiary/aromatic N) is 2. The van der Waals surface area contributed by atoms with Crippen LogP contribution in [0.2, 0.25) is 20.1 Å². The van der Waals surface area contributed by atoms with Gasteiger partial charge in [0.05, 0.1) is 17.1 Å². The fourth-order valence-electron chi connectivity index (χ4n) is 2.22. The van der Waals surface area contributed by atoms with Crippen LogP contribution in [0.3, 0.4) is 0 Å². The van der Waals surface area contributed by atoms with Gasteiger partial charge in [0, 0.05) is 32.9 Å². The van der Waals surface area contributed by atoms with Crippen LogP contribution in [0.25, 0.3) is 0 Å². The Morgan fingerprint density at radius 3 is 2.40 bits per heavy atom. The smallest absolute Gasteiger partial charge is 0.258 e. The Kier molecular flexibility index (Phi) is 5.54. The summed E-state index contributed by atoms with van der Waals surface area (Å²) in [6.07, 6.45) is 1.72. The quantitative estimate of drug-likeness (QED) is 0.586. The van der Waals surface area contributed by atoms with Crippen molar-refractivity contribution >= 4 is 58.1 Å². The summed E-state index contributed by atoms with van der Waals surface area (Å²) in [6.45, 7) is 0.385. The van der Waals surface area contributed by atoms with Crippen molar-refractivity contribution in [2.45, 2.75) is 6.54 Å². The summed E-state index contributed by atoms with van der Waals surface area (Å²) in [7, 11) is 0. The number of rotatable bonds is 4. The van der Waals surface area contributed by atoms with E-state index in [-0.39, 0.29) is 10.9 Å². The van der Waals surface area contributed by atoms with E-state index >= 15 is 0 Å². The first-order chi connectivity index (χ1) is 11.9. The lowest BCUT2D eigenvalue weighted by Crippen LogP contribution is -2.13. The van der Waals surface area contributed by atoms with Crippen molar-refractivity contribution in [3.05, 3.63) is 79.9 Å². The number of aromatic nitrogens is 2. The molecule has 0 aliphatic rings. The maximum Gasteiger partial charge on any atom is 0.258 e. The normalized spacial score (nSPS) is 10.7. The van der Waals surface area contributed by atoms with Gasteiger partial charge in [-0.15, -0.1) is 0 Å². The summed E-state index contributed by atoms with van der Waals surface area (Å²) in [5.41, 5.74) is 1.07. The van der Waals surface area contributed by atoms with E-state index in [1.165, 1.54) is 6.07 Å². The Morgan fingerprint density at radius 2 is 1.72 bits per heavy atom. The molecule has 128 valence electrons. The first-order valence-electron chi connectivity index (χ1n) is 7.17. The van der Waals surface area contributed by atoms with Crippen molar-refractivity contribution in [2.75, 3.05) is 5.32 Å². The Hall–Kier alpha value is -1.72. The van der Waals surface area contributed by atoms with Crippen molar-refractivity contribution in [2.24, 2.45) is 0 Å². The molecule has 0 aliphatic heterocycles. The van der Waals surface area contributed by atoms with Gasteiger partial charge in [0.15, 0.2) is 5.82 Å². The van der Waals surface area contributed by atoms with Crippen LogP contribution in [0.15, 0.2) is 48.7 Å². The molecule has 3 rings (SSSR count). The minimum absolute atomic E-state index is 0.271. The van der Waals surface area contributed by atoms with Crippen molar-refractivity contribution in [1.29, 1.82) is 0 Å². The van der Waals surface area contributed by atoms with E-state index in [0.717, 1.165) is 5.56 Å². The summed E-state index contributed by atoms with van der Waals surface area (Å²) in [5, 5.41) is 8.83. The van der Waals surface area contributed by atoms with E-state index in [2.05, 4.69) is 10.4 Å². The molecule has 1 N–H and O–H groups in total. The number of amides is 1. The number of nitrogens with one attached hydrogen (secondary N) is 1. The molecule has 3 aromatic rings. The van der Waals surface area contributed by atoms with Crippen LogP contribution in [-0.2, 0) is 6.54 Å². The molecule has 2 aromatic carbocycles. The van der Waals surface area contributed by atoms with E-state index in [1.807, 2.05) is 0 Å². The summed E-state index contributed by atoms with van der Waals surface area (Å²) in [5.74, 6) is 0.0156. The van der Waals surface area contributed by atoms with Gasteiger partial charge in [-0.2, -0.15) is 5.10 Å². The highest BCUT2D eigenvalue weighted by atomic mass is 35.5. The standard InChI is InChI=1S/C17H11Cl4N3O/c18-10-4-5-11(15(21)8-10)17(25)22-16-6-7-24(23-16)9-12-13(19)2-1-3-14(12)20/h1-8H,9H2,(H,22,23,25). The Bertz CT molecular complexity index is 919. The molecule has 0 radical (unpaired) electrons. The molecule has 0 fully saturated rings. The number of anilines is 1. The van der Waals surface area contributed by atoms with Gasteiger partial charge in [-0.3, -0.25) is 9.48 Å². The van der Waals surface area contributed by atoms with Crippen molar-refractivity contribution in [3.8, 4) is 0 Å². The molecular weight excluding hydrogens is 404 g/mol. The number of carbonyl (C=O) groups excluding carboxylic acids is 1. The SMILES string of the molecule is O=C(Nc1ccn(Cc2c(Cl)cccc2Cl)n1)c1ccc(Cl)cc1Cl. The second-order valence-electron chi connectivity index (χ2n) is 5.18. The largest absolute Gasteiger partial charge is 0.305 e.